The summed E-state index contributed by atoms with van der Waals surface area (Å²) in [5.74, 6) is 0. The first-order valence-electron chi connectivity index (χ1n) is 8.84. The number of rotatable bonds is 6. The summed E-state index contributed by atoms with van der Waals surface area (Å²) in [6, 6.07) is 10.3. The summed E-state index contributed by atoms with van der Waals surface area (Å²) in [7, 11) is 1.84. The van der Waals surface area contributed by atoms with Gasteiger partial charge in [0.15, 0.2) is 0 Å². The van der Waals surface area contributed by atoms with Gasteiger partial charge in [0.05, 0.1) is 24.0 Å². The molecule has 1 N–H and O–H groups in total. The van der Waals surface area contributed by atoms with Crippen LogP contribution in [0.2, 0.25) is 0 Å². The van der Waals surface area contributed by atoms with Crippen LogP contribution in [0.1, 0.15) is 24.1 Å². The van der Waals surface area contributed by atoms with Crippen molar-refractivity contribution in [2.45, 2.75) is 32.2 Å². The molecule has 0 unspecified atom stereocenters. The minimum atomic E-state index is -0.0211. The first-order chi connectivity index (χ1) is 12.1. The molecule has 1 aliphatic rings. The number of amides is 2. The first kappa shape index (κ1) is 17.5. The molecule has 0 bridgehead atoms. The van der Waals surface area contributed by atoms with Crippen LogP contribution >= 0.6 is 0 Å². The van der Waals surface area contributed by atoms with Crippen LogP contribution in [0.5, 0.6) is 0 Å². The lowest BCUT2D eigenvalue weighted by Gasteiger charge is -2.23. The molecule has 1 atom stereocenters. The summed E-state index contributed by atoms with van der Waals surface area (Å²) in [5.41, 5.74) is 3.32. The molecule has 6 nitrogen and oxygen atoms in total. The SMILES string of the molecule is Cc1nn(-c2ccccc2)cc1CCCNC(=O)N(C)[C@H]1CCOC1. The van der Waals surface area contributed by atoms with Gasteiger partial charge in [0, 0.05) is 26.4 Å². The average Bonchev–Trinajstić information content (AvgIpc) is 3.29. The van der Waals surface area contributed by atoms with Crippen LogP contribution in [0.25, 0.3) is 5.69 Å². The van der Waals surface area contributed by atoms with E-state index < -0.39 is 0 Å². The Bertz CT molecular complexity index is 693. The Morgan fingerprint density at radius 1 is 1.40 bits per heavy atom. The summed E-state index contributed by atoms with van der Waals surface area (Å²) >= 11 is 0. The largest absolute Gasteiger partial charge is 0.379 e. The topological polar surface area (TPSA) is 59.4 Å². The fourth-order valence-corrected chi connectivity index (χ4v) is 3.05. The summed E-state index contributed by atoms with van der Waals surface area (Å²) < 4.78 is 7.25. The second kappa shape index (κ2) is 8.16. The predicted octanol–water partition coefficient (Wildman–Crippen LogP) is 2.54. The first-order valence-corrected chi connectivity index (χ1v) is 8.84. The van der Waals surface area contributed by atoms with Crippen molar-refractivity contribution in [3.63, 3.8) is 0 Å². The molecule has 1 aromatic heterocycles. The van der Waals surface area contributed by atoms with E-state index in [-0.39, 0.29) is 12.1 Å². The molecule has 0 saturated carbocycles. The number of aromatic nitrogens is 2. The fraction of sp³-hybridized carbons (Fsp3) is 0.474. The van der Waals surface area contributed by atoms with E-state index in [1.165, 1.54) is 5.56 Å². The molecule has 0 spiro atoms. The van der Waals surface area contributed by atoms with Crippen LogP contribution in [-0.2, 0) is 11.2 Å². The molecule has 6 heteroatoms. The highest BCUT2D eigenvalue weighted by Crippen LogP contribution is 2.13. The van der Waals surface area contributed by atoms with E-state index in [0.717, 1.165) is 37.3 Å². The van der Waals surface area contributed by atoms with Crippen molar-refractivity contribution in [1.29, 1.82) is 0 Å². The van der Waals surface area contributed by atoms with Gasteiger partial charge in [0.1, 0.15) is 0 Å². The lowest BCUT2D eigenvalue weighted by molar-refractivity contribution is 0.158. The van der Waals surface area contributed by atoms with E-state index in [1.807, 2.05) is 49.0 Å². The normalized spacial score (nSPS) is 16.8. The van der Waals surface area contributed by atoms with Crippen molar-refractivity contribution >= 4 is 6.03 Å². The molecule has 0 aliphatic carbocycles. The minimum Gasteiger partial charge on any atom is -0.379 e. The van der Waals surface area contributed by atoms with E-state index >= 15 is 0 Å². The van der Waals surface area contributed by atoms with E-state index in [0.29, 0.717) is 13.2 Å². The van der Waals surface area contributed by atoms with Gasteiger partial charge < -0.3 is 15.0 Å². The third-order valence-corrected chi connectivity index (χ3v) is 4.69. The van der Waals surface area contributed by atoms with Gasteiger partial charge >= 0.3 is 6.03 Å². The van der Waals surface area contributed by atoms with E-state index in [9.17, 15) is 4.79 Å². The third-order valence-electron chi connectivity index (χ3n) is 4.69. The number of likely N-dealkylation sites (N-methyl/N-ethyl adjacent to an activating group) is 1. The lowest BCUT2D eigenvalue weighted by atomic mass is 10.1. The van der Waals surface area contributed by atoms with E-state index in [4.69, 9.17) is 4.74 Å². The van der Waals surface area contributed by atoms with Gasteiger partial charge in [-0.15, -0.1) is 0 Å². The van der Waals surface area contributed by atoms with Crippen LogP contribution < -0.4 is 5.32 Å². The molecule has 2 amide bonds. The highest BCUT2D eigenvalue weighted by atomic mass is 16.5. The molecular formula is C19H26N4O2. The lowest BCUT2D eigenvalue weighted by Crippen LogP contribution is -2.44. The molecule has 1 saturated heterocycles. The van der Waals surface area contributed by atoms with Gasteiger partial charge in [0.25, 0.3) is 0 Å². The average molecular weight is 342 g/mol. The van der Waals surface area contributed by atoms with Crippen LogP contribution in [0.4, 0.5) is 4.79 Å². The Kier molecular flexibility index (Phi) is 5.71. The summed E-state index contributed by atoms with van der Waals surface area (Å²) in [6.07, 6.45) is 4.79. The predicted molar refractivity (Wildman–Crippen MR) is 97.0 cm³/mol. The molecule has 2 aromatic rings. The number of carbonyl (C=O) groups is 1. The quantitative estimate of drug-likeness (QED) is 0.821. The van der Waals surface area contributed by atoms with E-state index in [2.05, 4.69) is 16.6 Å². The number of hydrogen-bond acceptors (Lipinski definition) is 3. The minimum absolute atomic E-state index is 0.0211. The second-order valence-electron chi connectivity index (χ2n) is 6.48. The number of hydrogen-bond donors (Lipinski definition) is 1. The van der Waals surface area contributed by atoms with E-state index in [1.54, 1.807) is 4.90 Å². The molecule has 1 aliphatic heterocycles. The number of nitrogens with zero attached hydrogens (tertiary/aromatic N) is 3. The maximum atomic E-state index is 12.1. The van der Waals surface area contributed by atoms with Crippen molar-refractivity contribution in [3.05, 3.63) is 47.8 Å². The zero-order chi connectivity index (χ0) is 17.6. The van der Waals surface area contributed by atoms with Crippen LogP contribution in [0.15, 0.2) is 36.5 Å². The van der Waals surface area contributed by atoms with Crippen LogP contribution in [0.3, 0.4) is 0 Å². The van der Waals surface area contributed by atoms with Gasteiger partial charge in [-0.2, -0.15) is 5.10 Å². The molecule has 0 radical (unpaired) electrons. The molecule has 3 rings (SSSR count). The Hall–Kier alpha value is -2.34. The smallest absolute Gasteiger partial charge is 0.317 e. The Labute approximate surface area is 148 Å². The zero-order valence-corrected chi connectivity index (χ0v) is 14.9. The standard InChI is InChI=1S/C19H26N4O2/c1-15-16(13-23(21-15)17-8-4-3-5-9-17)7-6-11-20-19(24)22(2)18-10-12-25-14-18/h3-5,8-9,13,18H,6-7,10-12,14H2,1-2H3,(H,20,24)/t18-/m0/s1. The zero-order valence-electron chi connectivity index (χ0n) is 14.9. The van der Waals surface area contributed by atoms with Crippen molar-refractivity contribution in [2.75, 3.05) is 26.8 Å². The Balaban J connectivity index is 1.46. The molecule has 1 aromatic carbocycles. The second-order valence-corrected chi connectivity index (χ2v) is 6.48. The summed E-state index contributed by atoms with van der Waals surface area (Å²) in [4.78, 5) is 13.9. The number of benzene rings is 1. The maximum absolute atomic E-state index is 12.1. The monoisotopic (exact) mass is 342 g/mol. The number of para-hydroxylation sites is 1. The maximum Gasteiger partial charge on any atom is 0.317 e. The number of nitrogens with one attached hydrogen (secondary N) is 1. The van der Waals surface area contributed by atoms with Gasteiger partial charge in [-0.3, -0.25) is 0 Å². The number of aryl methyl sites for hydroxylation is 2. The van der Waals surface area contributed by atoms with Crippen LogP contribution in [-0.4, -0.2) is 53.6 Å². The molecular weight excluding hydrogens is 316 g/mol. The van der Waals surface area contributed by atoms with Gasteiger partial charge in [0.2, 0.25) is 0 Å². The fourth-order valence-electron chi connectivity index (χ4n) is 3.05. The van der Waals surface area contributed by atoms with Gasteiger partial charge in [-0.1, -0.05) is 18.2 Å². The summed E-state index contributed by atoms with van der Waals surface area (Å²) in [6.45, 7) is 4.07. The Morgan fingerprint density at radius 3 is 2.92 bits per heavy atom. The van der Waals surface area contributed by atoms with Crippen molar-refractivity contribution < 1.29 is 9.53 Å². The highest BCUT2D eigenvalue weighted by Gasteiger charge is 2.23. The molecule has 134 valence electrons. The van der Waals surface area contributed by atoms with Crippen LogP contribution in [0, 0.1) is 6.92 Å². The molecule has 2 heterocycles. The van der Waals surface area contributed by atoms with Gasteiger partial charge in [-0.25, -0.2) is 9.48 Å². The summed E-state index contributed by atoms with van der Waals surface area (Å²) in [5, 5.41) is 7.57. The number of ether oxygens (including phenoxy) is 1. The number of carbonyl (C=O) groups excluding carboxylic acids is 1. The van der Waals surface area contributed by atoms with Crippen molar-refractivity contribution in [2.24, 2.45) is 0 Å². The molecule has 25 heavy (non-hydrogen) atoms. The highest BCUT2D eigenvalue weighted by molar-refractivity contribution is 5.74. The van der Waals surface area contributed by atoms with Gasteiger partial charge in [-0.05, 0) is 43.9 Å². The number of urea groups is 1. The van der Waals surface area contributed by atoms with Crippen molar-refractivity contribution in [3.8, 4) is 5.69 Å². The van der Waals surface area contributed by atoms with Crippen molar-refractivity contribution in [1.82, 2.24) is 20.0 Å². The Morgan fingerprint density at radius 2 is 2.20 bits per heavy atom. The molecule has 1 fully saturated rings. The third kappa shape index (κ3) is 4.39.